The maximum atomic E-state index is 12.4. The summed E-state index contributed by atoms with van der Waals surface area (Å²) in [6.45, 7) is 4.00. The Kier molecular flexibility index (Phi) is 6.24. The van der Waals surface area contributed by atoms with Gasteiger partial charge >= 0.3 is 0 Å². The van der Waals surface area contributed by atoms with Crippen molar-refractivity contribution in [3.63, 3.8) is 0 Å². The van der Waals surface area contributed by atoms with Crippen LogP contribution < -0.4 is 11.1 Å². The lowest BCUT2D eigenvalue weighted by Crippen LogP contribution is -2.54. The van der Waals surface area contributed by atoms with E-state index in [1.54, 1.807) is 31.3 Å². The Labute approximate surface area is 150 Å². The SMILES string of the molecule is CC(C)N(C)S(=O)(=O)c1ccc(CNC(=O)C2(N)CCCCC2)cc1. The predicted molar refractivity (Wildman–Crippen MR) is 98.4 cm³/mol. The molecule has 0 aliphatic heterocycles. The van der Waals surface area contributed by atoms with Crippen molar-refractivity contribution < 1.29 is 13.2 Å². The molecular weight excluding hydrogens is 338 g/mol. The minimum atomic E-state index is -3.49. The third-order valence-electron chi connectivity index (χ3n) is 4.98. The summed E-state index contributed by atoms with van der Waals surface area (Å²) in [6, 6.07) is 6.50. The van der Waals surface area contributed by atoms with Crippen LogP contribution in [0.4, 0.5) is 0 Å². The normalized spacial score (nSPS) is 17.7. The van der Waals surface area contributed by atoms with E-state index in [2.05, 4.69) is 5.32 Å². The lowest BCUT2D eigenvalue weighted by atomic mass is 9.82. The molecule has 1 aromatic rings. The van der Waals surface area contributed by atoms with Crippen LogP contribution in [0.25, 0.3) is 0 Å². The Balaban J connectivity index is 2.00. The highest BCUT2D eigenvalue weighted by atomic mass is 32.2. The average molecular weight is 368 g/mol. The first-order valence-corrected chi connectivity index (χ1v) is 10.2. The third-order valence-corrected chi connectivity index (χ3v) is 7.03. The van der Waals surface area contributed by atoms with E-state index in [4.69, 9.17) is 5.73 Å². The largest absolute Gasteiger partial charge is 0.350 e. The second-order valence-corrected chi connectivity index (χ2v) is 9.16. The molecule has 140 valence electrons. The van der Waals surface area contributed by atoms with Gasteiger partial charge in [-0.1, -0.05) is 31.4 Å². The van der Waals surface area contributed by atoms with E-state index in [0.717, 1.165) is 37.7 Å². The maximum absolute atomic E-state index is 12.4. The minimum absolute atomic E-state index is 0.111. The highest BCUT2D eigenvalue weighted by Gasteiger charge is 2.34. The molecule has 1 saturated carbocycles. The molecule has 1 amide bonds. The number of carbonyl (C=O) groups excluding carboxylic acids is 1. The molecular formula is C18H29N3O3S. The first kappa shape index (κ1) is 19.9. The van der Waals surface area contributed by atoms with Gasteiger partial charge in [-0.2, -0.15) is 4.31 Å². The van der Waals surface area contributed by atoms with Crippen LogP contribution in [0.5, 0.6) is 0 Å². The number of sulfonamides is 1. The molecule has 7 heteroatoms. The number of rotatable bonds is 6. The number of hydrogen-bond acceptors (Lipinski definition) is 4. The van der Waals surface area contributed by atoms with Gasteiger partial charge in [-0.15, -0.1) is 0 Å². The molecule has 0 unspecified atom stereocenters. The molecule has 1 fully saturated rings. The average Bonchev–Trinajstić information content (AvgIpc) is 2.59. The fraction of sp³-hybridized carbons (Fsp3) is 0.611. The Hall–Kier alpha value is -1.44. The topological polar surface area (TPSA) is 92.5 Å². The quantitative estimate of drug-likeness (QED) is 0.804. The van der Waals surface area contributed by atoms with Crippen LogP contribution >= 0.6 is 0 Å². The van der Waals surface area contributed by atoms with Crippen molar-refractivity contribution in [3.05, 3.63) is 29.8 Å². The smallest absolute Gasteiger partial charge is 0.243 e. The summed E-state index contributed by atoms with van der Waals surface area (Å²) in [4.78, 5) is 12.6. The van der Waals surface area contributed by atoms with E-state index in [-0.39, 0.29) is 16.8 Å². The van der Waals surface area contributed by atoms with Crippen LogP contribution in [-0.2, 0) is 21.4 Å². The first-order valence-electron chi connectivity index (χ1n) is 8.81. The number of carbonyl (C=O) groups is 1. The summed E-state index contributed by atoms with van der Waals surface area (Å²) in [5.74, 6) is -0.122. The zero-order chi connectivity index (χ0) is 18.7. The van der Waals surface area contributed by atoms with Gasteiger partial charge in [0, 0.05) is 19.6 Å². The lowest BCUT2D eigenvalue weighted by molar-refractivity contribution is -0.127. The van der Waals surface area contributed by atoms with Gasteiger partial charge in [0.25, 0.3) is 0 Å². The molecule has 0 radical (unpaired) electrons. The van der Waals surface area contributed by atoms with Crippen molar-refractivity contribution in [3.8, 4) is 0 Å². The van der Waals surface area contributed by atoms with Crippen LogP contribution in [0.2, 0.25) is 0 Å². The van der Waals surface area contributed by atoms with Crippen LogP contribution in [0, 0.1) is 0 Å². The fourth-order valence-corrected chi connectivity index (χ4v) is 4.36. The lowest BCUT2D eigenvalue weighted by Gasteiger charge is -2.31. The summed E-state index contributed by atoms with van der Waals surface area (Å²) in [7, 11) is -1.92. The van der Waals surface area contributed by atoms with Gasteiger partial charge in [0.1, 0.15) is 0 Å². The van der Waals surface area contributed by atoms with E-state index in [9.17, 15) is 13.2 Å². The van der Waals surface area contributed by atoms with E-state index >= 15 is 0 Å². The van der Waals surface area contributed by atoms with Gasteiger partial charge in [-0.05, 0) is 44.4 Å². The van der Waals surface area contributed by atoms with Crippen molar-refractivity contribution in [1.82, 2.24) is 9.62 Å². The van der Waals surface area contributed by atoms with Gasteiger partial charge in [0.15, 0.2) is 0 Å². The standard InChI is InChI=1S/C18H29N3O3S/c1-14(2)21(3)25(23,24)16-9-7-15(8-10-16)13-20-17(22)18(19)11-5-4-6-12-18/h7-10,14H,4-6,11-13,19H2,1-3H3,(H,20,22). The Morgan fingerprint density at radius 3 is 2.28 bits per heavy atom. The Morgan fingerprint density at radius 1 is 1.20 bits per heavy atom. The van der Waals surface area contributed by atoms with Gasteiger partial charge < -0.3 is 11.1 Å². The van der Waals surface area contributed by atoms with Gasteiger partial charge in [0.2, 0.25) is 15.9 Å². The van der Waals surface area contributed by atoms with Gasteiger partial charge in [-0.3, -0.25) is 4.79 Å². The molecule has 0 bridgehead atoms. The van der Waals surface area contributed by atoms with E-state index in [1.807, 2.05) is 13.8 Å². The molecule has 0 heterocycles. The Morgan fingerprint density at radius 2 is 1.76 bits per heavy atom. The zero-order valence-corrected chi connectivity index (χ0v) is 16.1. The minimum Gasteiger partial charge on any atom is -0.350 e. The molecule has 0 aromatic heterocycles. The van der Waals surface area contributed by atoms with Crippen LogP contribution in [-0.4, -0.2) is 37.3 Å². The van der Waals surface area contributed by atoms with Crippen molar-refractivity contribution in [2.45, 2.75) is 69.0 Å². The second-order valence-electron chi connectivity index (χ2n) is 7.16. The predicted octanol–water partition coefficient (Wildman–Crippen LogP) is 1.99. The third kappa shape index (κ3) is 4.59. The molecule has 3 N–H and O–H groups in total. The molecule has 0 atom stereocenters. The van der Waals surface area contributed by atoms with Gasteiger partial charge in [-0.25, -0.2) is 8.42 Å². The number of hydrogen-bond donors (Lipinski definition) is 2. The van der Waals surface area contributed by atoms with Gasteiger partial charge in [0.05, 0.1) is 10.4 Å². The van der Waals surface area contributed by atoms with Crippen LogP contribution in [0.3, 0.4) is 0 Å². The highest BCUT2D eigenvalue weighted by Crippen LogP contribution is 2.26. The number of nitrogens with two attached hydrogens (primary N) is 1. The summed E-state index contributed by atoms with van der Waals surface area (Å²) < 4.78 is 26.2. The Bertz CT molecular complexity index is 693. The molecule has 0 saturated heterocycles. The number of nitrogens with zero attached hydrogens (tertiary/aromatic N) is 1. The molecule has 25 heavy (non-hydrogen) atoms. The summed E-state index contributed by atoms with van der Waals surface area (Å²) >= 11 is 0. The summed E-state index contributed by atoms with van der Waals surface area (Å²) in [5.41, 5.74) is 6.30. The monoisotopic (exact) mass is 367 g/mol. The number of amides is 1. The van der Waals surface area contributed by atoms with E-state index in [1.165, 1.54) is 4.31 Å². The van der Waals surface area contributed by atoms with Crippen molar-refractivity contribution >= 4 is 15.9 Å². The summed E-state index contributed by atoms with van der Waals surface area (Å²) in [5, 5.41) is 2.88. The molecule has 0 spiro atoms. The molecule has 1 aliphatic carbocycles. The molecule has 2 rings (SSSR count). The number of benzene rings is 1. The second kappa shape index (κ2) is 7.85. The van der Waals surface area contributed by atoms with E-state index < -0.39 is 15.6 Å². The molecule has 1 aliphatic rings. The van der Waals surface area contributed by atoms with Crippen molar-refractivity contribution in [2.75, 3.05) is 7.05 Å². The first-order chi connectivity index (χ1) is 11.7. The zero-order valence-electron chi connectivity index (χ0n) is 15.3. The van der Waals surface area contributed by atoms with Crippen molar-refractivity contribution in [2.24, 2.45) is 5.73 Å². The molecule has 6 nitrogen and oxygen atoms in total. The number of nitrogens with one attached hydrogen (secondary N) is 1. The van der Waals surface area contributed by atoms with Crippen LogP contribution in [0.15, 0.2) is 29.2 Å². The van der Waals surface area contributed by atoms with Crippen LogP contribution in [0.1, 0.15) is 51.5 Å². The maximum Gasteiger partial charge on any atom is 0.243 e. The molecule has 1 aromatic carbocycles. The van der Waals surface area contributed by atoms with E-state index in [0.29, 0.717) is 6.54 Å². The highest BCUT2D eigenvalue weighted by molar-refractivity contribution is 7.89. The van der Waals surface area contributed by atoms with Crippen molar-refractivity contribution in [1.29, 1.82) is 0 Å². The summed E-state index contributed by atoms with van der Waals surface area (Å²) in [6.07, 6.45) is 4.54. The fourth-order valence-electron chi connectivity index (χ4n) is 2.99.